The van der Waals surface area contributed by atoms with E-state index in [1.165, 1.54) is 0 Å². The number of hydrogen-bond acceptors (Lipinski definition) is 4. The molecule has 0 radical (unpaired) electrons. The second kappa shape index (κ2) is 7.36. The summed E-state index contributed by atoms with van der Waals surface area (Å²) in [6, 6.07) is 5.69. The van der Waals surface area contributed by atoms with Gasteiger partial charge in [-0.25, -0.2) is 0 Å². The fourth-order valence-electron chi connectivity index (χ4n) is 2.43. The van der Waals surface area contributed by atoms with E-state index in [2.05, 4.69) is 15.6 Å². The van der Waals surface area contributed by atoms with Gasteiger partial charge in [0.05, 0.1) is 5.60 Å². The van der Waals surface area contributed by atoms with Crippen molar-refractivity contribution in [3.63, 3.8) is 0 Å². The van der Waals surface area contributed by atoms with Crippen LogP contribution in [0.15, 0.2) is 24.4 Å². The van der Waals surface area contributed by atoms with Gasteiger partial charge in [-0.15, -0.1) is 0 Å². The minimum absolute atomic E-state index is 0.0266. The monoisotopic (exact) mass is 277 g/mol. The van der Waals surface area contributed by atoms with Crippen molar-refractivity contribution in [3.8, 4) is 0 Å². The number of hydrogen-bond donors (Lipinski definition) is 3. The predicted octanol–water partition coefficient (Wildman–Crippen LogP) is 0.635. The largest absolute Gasteiger partial charge is 0.388 e. The molecule has 5 heteroatoms. The van der Waals surface area contributed by atoms with Gasteiger partial charge in [-0.1, -0.05) is 6.07 Å². The van der Waals surface area contributed by atoms with Crippen molar-refractivity contribution < 1.29 is 9.90 Å². The Morgan fingerprint density at radius 1 is 1.40 bits per heavy atom. The number of aryl methyl sites for hydroxylation is 1. The maximum Gasteiger partial charge on any atom is 0.220 e. The zero-order valence-corrected chi connectivity index (χ0v) is 11.8. The Balaban J connectivity index is 1.71. The van der Waals surface area contributed by atoms with E-state index in [0.29, 0.717) is 25.8 Å². The number of amides is 1. The van der Waals surface area contributed by atoms with Crippen LogP contribution in [-0.4, -0.2) is 41.2 Å². The van der Waals surface area contributed by atoms with Crippen LogP contribution in [0.2, 0.25) is 0 Å². The molecule has 0 spiro atoms. The van der Waals surface area contributed by atoms with Gasteiger partial charge in [0, 0.05) is 24.9 Å². The van der Waals surface area contributed by atoms with Crippen LogP contribution >= 0.6 is 0 Å². The van der Waals surface area contributed by atoms with Gasteiger partial charge in [-0.3, -0.25) is 9.78 Å². The van der Waals surface area contributed by atoms with E-state index in [-0.39, 0.29) is 5.91 Å². The van der Waals surface area contributed by atoms with Crippen molar-refractivity contribution in [3.05, 3.63) is 30.1 Å². The minimum Gasteiger partial charge on any atom is -0.388 e. The SMILES string of the molecule is O=C(CCc1ccccn1)NCC1(O)CCCNCC1. The molecule has 3 N–H and O–H groups in total. The van der Waals surface area contributed by atoms with Crippen LogP contribution in [0.4, 0.5) is 0 Å². The van der Waals surface area contributed by atoms with Gasteiger partial charge in [0.1, 0.15) is 0 Å². The average Bonchev–Trinajstić information content (AvgIpc) is 2.69. The normalized spacial score (nSPS) is 23.1. The Hall–Kier alpha value is -1.46. The first kappa shape index (κ1) is 14.9. The molecule has 1 fully saturated rings. The summed E-state index contributed by atoms with van der Waals surface area (Å²) in [6.07, 6.45) is 5.14. The minimum atomic E-state index is -0.760. The van der Waals surface area contributed by atoms with Crippen molar-refractivity contribution >= 4 is 5.91 Å². The Morgan fingerprint density at radius 3 is 3.10 bits per heavy atom. The summed E-state index contributed by atoms with van der Waals surface area (Å²) in [7, 11) is 0. The van der Waals surface area contributed by atoms with Crippen LogP contribution < -0.4 is 10.6 Å². The first-order chi connectivity index (χ1) is 9.68. The molecular weight excluding hydrogens is 254 g/mol. The molecule has 1 atom stereocenters. The third kappa shape index (κ3) is 4.90. The van der Waals surface area contributed by atoms with E-state index in [0.717, 1.165) is 31.6 Å². The van der Waals surface area contributed by atoms with Crippen LogP contribution in [0.1, 0.15) is 31.4 Å². The third-order valence-electron chi connectivity index (χ3n) is 3.71. The topological polar surface area (TPSA) is 74.2 Å². The van der Waals surface area contributed by atoms with Crippen molar-refractivity contribution in [2.75, 3.05) is 19.6 Å². The van der Waals surface area contributed by atoms with Crippen molar-refractivity contribution in [1.29, 1.82) is 0 Å². The molecule has 0 saturated carbocycles. The Bertz CT molecular complexity index is 414. The van der Waals surface area contributed by atoms with Gasteiger partial charge in [-0.05, 0) is 50.9 Å². The first-order valence-electron chi connectivity index (χ1n) is 7.28. The Kier molecular flexibility index (Phi) is 5.49. The number of aromatic nitrogens is 1. The van der Waals surface area contributed by atoms with Crippen molar-refractivity contribution in [1.82, 2.24) is 15.6 Å². The lowest BCUT2D eigenvalue weighted by molar-refractivity contribution is -0.122. The molecule has 2 rings (SSSR count). The van der Waals surface area contributed by atoms with E-state index in [4.69, 9.17) is 0 Å². The van der Waals surface area contributed by atoms with Crippen LogP contribution in [0.5, 0.6) is 0 Å². The van der Waals surface area contributed by atoms with Crippen molar-refractivity contribution in [2.24, 2.45) is 0 Å². The lowest BCUT2D eigenvalue weighted by Crippen LogP contribution is -2.43. The van der Waals surface area contributed by atoms with E-state index >= 15 is 0 Å². The number of nitrogens with zero attached hydrogens (tertiary/aromatic N) is 1. The predicted molar refractivity (Wildman–Crippen MR) is 77.2 cm³/mol. The number of carbonyl (C=O) groups excluding carboxylic acids is 1. The summed E-state index contributed by atoms with van der Waals surface area (Å²) in [5.74, 6) is -0.0266. The molecule has 20 heavy (non-hydrogen) atoms. The standard InChI is InChI=1S/C15H23N3O2/c19-14(6-5-13-4-1-2-10-17-13)18-12-15(20)7-3-9-16-11-8-15/h1-2,4,10,16,20H,3,5-9,11-12H2,(H,18,19). The fraction of sp³-hybridized carbons (Fsp3) is 0.600. The second-order valence-electron chi connectivity index (χ2n) is 5.43. The van der Waals surface area contributed by atoms with E-state index < -0.39 is 5.60 Å². The first-order valence-corrected chi connectivity index (χ1v) is 7.28. The maximum absolute atomic E-state index is 11.8. The molecule has 0 bridgehead atoms. The summed E-state index contributed by atoms with van der Waals surface area (Å²) in [5, 5.41) is 16.5. The maximum atomic E-state index is 11.8. The molecule has 1 unspecified atom stereocenters. The van der Waals surface area contributed by atoms with E-state index in [1.54, 1.807) is 6.20 Å². The highest BCUT2D eigenvalue weighted by molar-refractivity contribution is 5.76. The Labute approximate surface area is 119 Å². The quantitative estimate of drug-likeness (QED) is 0.738. The zero-order valence-electron chi connectivity index (χ0n) is 11.8. The second-order valence-corrected chi connectivity index (χ2v) is 5.43. The molecule has 0 aromatic carbocycles. The number of rotatable bonds is 5. The van der Waals surface area contributed by atoms with Crippen LogP contribution in [-0.2, 0) is 11.2 Å². The fourth-order valence-corrected chi connectivity index (χ4v) is 2.43. The van der Waals surface area contributed by atoms with Gasteiger partial charge >= 0.3 is 0 Å². The highest BCUT2D eigenvalue weighted by Gasteiger charge is 2.28. The summed E-state index contributed by atoms with van der Waals surface area (Å²) in [5.41, 5.74) is 0.157. The highest BCUT2D eigenvalue weighted by Crippen LogP contribution is 2.18. The molecular formula is C15H23N3O2. The van der Waals surface area contributed by atoms with Gasteiger partial charge in [0.15, 0.2) is 0 Å². The van der Waals surface area contributed by atoms with Crippen LogP contribution in [0.3, 0.4) is 0 Å². The molecule has 5 nitrogen and oxygen atoms in total. The summed E-state index contributed by atoms with van der Waals surface area (Å²) >= 11 is 0. The summed E-state index contributed by atoms with van der Waals surface area (Å²) in [6.45, 7) is 2.09. The molecule has 1 aromatic rings. The number of carbonyl (C=O) groups is 1. The number of aliphatic hydroxyl groups is 1. The molecule has 1 saturated heterocycles. The molecule has 1 amide bonds. The highest BCUT2D eigenvalue weighted by atomic mass is 16.3. The number of nitrogens with one attached hydrogen (secondary N) is 2. The van der Waals surface area contributed by atoms with Crippen LogP contribution in [0, 0.1) is 0 Å². The molecule has 1 aromatic heterocycles. The lowest BCUT2D eigenvalue weighted by Gasteiger charge is -2.26. The van der Waals surface area contributed by atoms with Gasteiger partial charge < -0.3 is 15.7 Å². The van der Waals surface area contributed by atoms with E-state index in [1.807, 2.05) is 18.2 Å². The molecule has 2 heterocycles. The number of pyridine rings is 1. The molecule has 1 aliphatic heterocycles. The van der Waals surface area contributed by atoms with Gasteiger partial charge in [0.2, 0.25) is 5.91 Å². The molecule has 0 aliphatic carbocycles. The Morgan fingerprint density at radius 2 is 2.30 bits per heavy atom. The molecule has 110 valence electrons. The van der Waals surface area contributed by atoms with Crippen LogP contribution in [0.25, 0.3) is 0 Å². The zero-order chi connectivity index (χ0) is 14.3. The third-order valence-corrected chi connectivity index (χ3v) is 3.71. The smallest absolute Gasteiger partial charge is 0.220 e. The average molecular weight is 277 g/mol. The summed E-state index contributed by atoms with van der Waals surface area (Å²) in [4.78, 5) is 16.0. The lowest BCUT2D eigenvalue weighted by atomic mass is 9.95. The van der Waals surface area contributed by atoms with Gasteiger partial charge in [0.25, 0.3) is 0 Å². The van der Waals surface area contributed by atoms with Gasteiger partial charge in [-0.2, -0.15) is 0 Å². The van der Waals surface area contributed by atoms with E-state index in [9.17, 15) is 9.90 Å². The summed E-state index contributed by atoms with van der Waals surface area (Å²) < 4.78 is 0. The van der Waals surface area contributed by atoms with Crippen molar-refractivity contribution in [2.45, 2.75) is 37.7 Å². The molecule has 1 aliphatic rings.